The third-order valence-corrected chi connectivity index (χ3v) is 3.66. The van der Waals surface area contributed by atoms with Gasteiger partial charge in [-0.2, -0.15) is 4.98 Å². The molecule has 1 aliphatic heterocycles. The molecule has 1 amide bonds. The number of aryl methyl sites for hydroxylation is 1. The van der Waals surface area contributed by atoms with Crippen molar-refractivity contribution >= 4 is 18.3 Å². The third-order valence-electron chi connectivity index (χ3n) is 3.66. The maximum Gasteiger partial charge on any atom is 0.258 e. The van der Waals surface area contributed by atoms with Crippen LogP contribution in [0.25, 0.3) is 11.5 Å². The molecule has 0 spiro atoms. The van der Waals surface area contributed by atoms with E-state index in [9.17, 15) is 4.79 Å². The summed E-state index contributed by atoms with van der Waals surface area (Å²) in [5, 5.41) is 3.79. The molecule has 0 saturated carbocycles. The van der Waals surface area contributed by atoms with Crippen molar-refractivity contribution in [2.24, 2.45) is 5.73 Å². The number of rotatable bonds is 2. The van der Waals surface area contributed by atoms with Crippen LogP contribution in [0.4, 0.5) is 0 Å². The highest BCUT2D eigenvalue weighted by Crippen LogP contribution is 2.24. The summed E-state index contributed by atoms with van der Waals surface area (Å²) in [6, 6.07) is 7.36. The average molecular weight is 323 g/mol. The molecule has 0 bridgehead atoms. The monoisotopic (exact) mass is 322 g/mol. The molecule has 1 aromatic heterocycles. The number of nitrogens with zero attached hydrogens (tertiary/aromatic N) is 3. The molecule has 0 radical (unpaired) electrons. The van der Waals surface area contributed by atoms with Crippen molar-refractivity contribution in [3.8, 4) is 11.5 Å². The molecule has 0 aliphatic carbocycles. The lowest BCUT2D eigenvalue weighted by Crippen LogP contribution is -2.45. The van der Waals surface area contributed by atoms with Crippen molar-refractivity contribution in [2.75, 3.05) is 13.1 Å². The number of carbonyl (C=O) groups is 1. The standard InChI is InChI=1S/C15H18N4O2.ClH/c1-10-17-14(21-18-10)12-6-2-3-7-13(12)15(20)19-8-4-5-11(16)9-19;/h2-3,6-7,11H,4-5,8-9,16H2,1H3;1H. The summed E-state index contributed by atoms with van der Waals surface area (Å²) in [7, 11) is 0. The minimum atomic E-state index is -0.0309. The fraction of sp³-hybridized carbons (Fsp3) is 0.400. The number of likely N-dealkylation sites (tertiary alicyclic amines) is 1. The van der Waals surface area contributed by atoms with Gasteiger partial charge < -0.3 is 15.2 Å². The average Bonchev–Trinajstić information content (AvgIpc) is 2.93. The minimum absolute atomic E-state index is 0. The zero-order chi connectivity index (χ0) is 14.8. The number of aromatic nitrogens is 2. The second-order valence-electron chi connectivity index (χ2n) is 5.35. The lowest BCUT2D eigenvalue weighted by molar-refractivity contribution is 0.0709. The fourth-order valence-electron chi connectivity index (χ4n) is 2.63. The Kier molecular flexibility index (Phi) is 5.15. The van der Waals surface area contributed by atoms with Crippen molar-refractivity contribution in [3.05, 3.63) is 35.7 Å². The summed E-state index contributed by atoms with van der Waals surface area (Å²) >= 11 is 0. The van der Waals surface area contributed by atoms with Crippen LogP contribution < -0.4 is 5.73 Å². The summed E-state index contributed by atoms with van der Waals surface area (Å²) < 4.78 is 5.19. The summed E-state index contributed by atoms with van der Waals surface area (Å²) in [5.41, 5.74) is 7.21. The Balaban J connectivity index is 0.00000176. The van der Waals surface area contributed by atoms with Crippen molar-refractivity contribution in [1.29, 1.82) is 0 Å². The van der Waals surface area contributed by atoms with Gasteiger partial charge in [-0.05, 0) is 31.9 Å². The summed E-state index contributed by atoms with van der Waals surface area (Å²) in [6.45, 7) is 3.08. The van der Waals surface area contributed by atoms with Gasteiger partial charge in [-0.15, -0.1) is 12.4 Å². The number of hydrogen-bond donors (Lipinski definition) is 1. The highest BCUT2D eigenvalue weighted by atomic mass is 35.5. The molecule has 1 atom stereocenters. The van der Waals surface area contributed by atoms with Gasteiger partial charge in [-0.3, -0.25) is 4.79 Å². The number of piperidine rings is 1. The highest BCUT2D eigenvalue weighted by Gasteiger charge is 2.25. The first-order valence-corrected chi connectivity index (χ1v) is 7.09. The molecule has 2 heterocycles. The molecule has 118 valence electrons. The van der Waals surface area contributed by atoms with Gasteiger partial charge in [0.15, 0.2) is 5.82 Å². The lowest BCUT2D eigenvalue weighted by atomic mass is 10.0. The molecule has 3 rings (SSSR count). The normalized spacial score (nSPS) is 17.9. The number of carbonyl (C=O) groups excluding carboxylic acids is 1. The zero-order valence-corrected chi connectivity index (χ0v) is 13.2. The van der Waals surface area contributed by atoms with Crippen molar-refractivity contribution in [2.45, 2.75) is 25.8 Å². The van der Waals surface area contributed by atoms with Gasteiger partial charge in [0.2, 0.25) is 0 Å². The Hall–Kier alpha value is -1.92. The second-order valence-corrected chi connectivity index (χ2v) is 5.35. The summed E-state index contributed by atoms with van der Waals surface area (Å²) in [4.78, 5) is 18.7. The van der Waals surface area contributed by atoms with E-state index in [4.69, 9.17) is 10.3 Å². The van der Waals surface area contributed by atoms with Crippen LogP contribution in [0, 0.1) is 6.92 Å². The number of amides is 1. The molecule has 7 heteroatoms. The van der Waals surface area contributed by atoms with E-state index in [0.29, 0.717) is 29.4 Å². The fourth-order valence-corrected chi connectivity index (χ4v) is 2.63. The molecule has 2 N–H and O–H groups in total. The molecule has 1 aliphatic rings. The highest BCUT2D eigenvalue weighted by molar-refractivity contribution is 6.00. The SMILES string of the molecule is Cc1noc(-c2ccccc2C(=O)N2CCCC(N)C2)n1.Cl. The molecule has 2 aromatic rings. The van der Waals surface area contributed by atoms with Gasteiger partial charge in [0.1, 0.15) is 0 Å². The minimum Gasteiger partial charge on any atom is -0.337 e. The number of hydrogen-bond acceptors (Lipinski definition) is 5. The number of benzene rings is 1. The Morgan fingerprint density at radius 1 is 1.41 bits per heavy atom. The van der Waals surface area contributed by atoms with Crippen LogP contribution in [0.5, 0.6) is 0 Å². The van der Waals surface area contributed by atoms with Crippen LogP contribution in [0.1, 0.15) is 29.0 Å². The number of halogens is 1. The van der Waals surface area contributed by atoms with Crippen LogP contribution >= 0.6 is 12.4 Å². The Morgan fingerprint density at radius 3 is 2.86 bits per heavy atom. The first kappa shape index (κ1) is 16.5. The van der Waals surface area contributed by atoms with E-state index < -0.39 is 0 Å². The van der Waals surface area contributed by atoms with Crippen LogP contribution in [0.15, 0.2) is 28.8 Å². The first-order valence-electron chi connectivity index (χ1n) is 7.09. The second kappa shape index (κ2) is 6.89. The smallest absolute Gasteiger partial charge is 0.258 e. The van der Waals surface area contributed by atoms with Gasteiger partial charge in [-0.1, -0.05) is 17.3 Å². The maximum absolute atomic E-state index is 12.7. The van der Waals surface area contributed by atoms with Crippen LogP contribution in [-0.2, 0) is 0 Å². The molecule has 1 fully saturated rings. The molecular formula is C15H19ClN4O2. The maximum atomic E-state index is 12.7. The van der Waals surface area contributed by atoms with Gasteiger partial charge in [0, 0.05) is 19.1 Å². The largest absolute Gasteiger partial charge is 0.337 e. The molecule has 1 saturated heterocycles. The zero-order valence-electron chi connectivity index (χ0n) is 12.4. The molecule has 6 nitrogen and oxygen atoms in total. The van der Waals surface area contributed by atoms with Gasteiger partial charge in [0.25, 0.3) is 11.8 Å². The van der Waals surface area contributed by atoms with E-state index in [2.05, 4.69) is 10.1 Å². The quantitative estimate of drug-likeness (QED) is 0.914. The molecule has 1 aromatic carbocycles. The van der Waals surface area contributed by atoms with Crippen LogP contribution in [0.3, 0.4) is 0 Å². The van der Waals surface area contributed by atoms with E-state index in [-0.39, 0.29) is 24.4 Å². The topological polar surface area (TPSA) is 85.2 Å². The Labute approximate surface area is 135 Å². The van der Waals surface area contributed by atoms with Gasteiger partial charge in [-0.25, -0.2) is 0 Å². The van der Waals surface area contributed by atoms with E-state index in [1.54, 1.807) is 17.9 Å². The van der Waals surface area contributed by atoms with Crippen molar-refractivity contribution in [1.82, 2.24) is 15.0 Å². The van der Waals surface area contributed by atoms with E-state index in [0.717, 1.165) is 19.4 Å². The predicted molar refractivity (Wildman–Crippen MR) is 84.8 cm³/mol. The number of nitrogens with two attached hydrogens (primary N) is 1. The van der Waals surface area contributed by atoms with E-state index in [1.165, 1.54) is 0 Å². The van der Waals surface area contributed by atoms with E-state index >= 15 is 0 Å². The van der Waals surface area contributed by atoms with Crippen LogP contribution in [-0.4, -0.2) is 40.1 Å². The summed E-state index contributed by atoms with van der Waals surface area (Å²) in [6.07, 6.45) is 1.91. The van der Waals surface area contributed by atoms with Crippen LogP contribution in [0.2, 0.25) is 0 Å². The Bertz CT molecular complexity index is 658. The van der Waals surface area contributed by atoms with Gasteiger partial charge in [0.05, 0.1) is 11.1 Å². The van der Waals surface area contributed by atoms with Crippen molar-refractivity contribution < 1.29 is 9.32 Å². The van der Waals surface area contributed by atoms with Gasteiger partial charge >= 0.3 is 0 Å². The lowest BCUT2D eigenvalue weighted by Gasteiger charge is -2.31. The third kappa shape index (κ3) is 3.28. The van der Waals surface area contributed by atoms with E-state index in [1.807, 2.05) is 18.2 Å². The Morgan fingerprint density at radius 2 is 2.18 bits per heavy atom. The summed E-state index contributed by atoms with van der Waals surface area (Å²) in [5.74, 6) is 0.890. The predicted octanol–water partition coefficient (Wildman–Crippen LogP) is 2.03. The molecular weight excluding hydrogens is 304 g/mol. The molecule has 22 heavy (non-hydrogen) atoms. The molecule has 1 unspecified atom stereocenters. The first-order chi connectivity index (χ1) is 10.1. The van der Waals surface area contributed by atoms with Crippen molar-refractivity contribution in [3.63, 3.8) is 0 Å².